The van der Waals surface area contributed by atoms with Crippen molar-refractivity contribution in [3.05, 3.63) is 36.7 Å². The van der Waals surface area contributed by atoms with Gasteiger partial charge in [-0.05, 0) is 19.1 Å². The summed E-state index contributed by atoms with van der Waals surface area (Å²) < 4.78 is 5.39. The van der Waals surface area contributed by atoms with E-state index in [4.69, 9.17) is 10.5 Å². The molecule has 1 aliphatic heterocycles. The zero-order chi connectivity index (χ0) is 15.4. The Morgan fingerprint density at radius 1 is 1.18 bits per heavy atom. The number of nitrogen functional groups attached to an aromatic ring is 1. The van der Waals surface area contributed by atoms with Crippen LogP contribution < -0.4 is 15.5 Å². The first kappa shape index (κ1) is 14.6. The van der Waals surface area contributed by atoms with Crippen LogP contribution in [0.5, 0.6) is 0 Å². The summed E-state index contributed by atoms with van der Waals surface area (Å²) in [5, 5.41) is 0. The molecule has 0 spiro atoms. The van der Waals surface area contributed by atoms with Crippen molar-refractivity contribution in [1.29, 1.82) is 0 Å². The number of hydrogen-bond acceptors (Lipinski definition) is 6. The molecular weight excluding hydrogens is 278 g/mol. The van der Waals surface area contributed by atoms with E-state index in [2.05, 4.69) is 38.8 Å². The fourth-order valence-corrected chi connectivity index (χ4v) is 2.68. The van der Waals surface area contributed by atoms with Crippen molar-refractivity contribution in [2.24, 2.45) is 0 Å². The van der Waals surface area contributed by atoms with Gasteiger partial charge in [-0.1, -0.05) is 18.2 Å². The molecule has 1 saturated heterocycles. The Balaban J connectivity index is 1.96. The number of anilines is 4. The van der Waals surface area contributed by atoms with E-state index in [9.17, 15) is 0 Å². The predicted molar refractivity (Wildman–Crippen MR) is 88.6 cm³/mol. The van der Waals surface area contributed by atoms with E-state index in [0.29, 0.717) is 18.9 Å². The molecule has 2 aromatic rings. The van der Waals surface area contributed by atoms with E-state index in [1.165, 1.54) is 0 Å². The summed E-state index contributed by atoms with van der Waals surface area (Å²) in [7, 11) is 0. The van der Waals surface area contributed by atoms with Crippen molar-refractivity contribution in [3.8, 4) is 0 Å². The smallest absolute Gasteiger partial charge is 0.161 e. The molecule has 0 aliphatic carbocycles. The predicted octanol–water partition coefficient (Wildman–Crippen LogP) is 2.05. The van der Waals surface area contributed by atoms with Gasteiger partial charge in [-0.2, -0.15) is 0 Å². The number of nitrogens with zero attached hydrogens (tertiary/aromatic N) is 4. The first-order valence-electron chi connectivity index (χ1n) is 7.57. The number of para-hydroxylation sites is 1. The monoisotopic (exact) mass is 299 g/mol. The maximum absolute atomic E-state index is 6.38. The summed E-state index contributed by atoms with van der Waals surface area (Å²) >= 11 is 0. The first-order chi connectivity index (χ1) is 10.8. The fourth-order valence-electron chi connectivity index (χ4n) is 2.68. The molecule has 2 N–H and O–H groups in total. The van der Waals surface area contributed by atoms with Gasteiger partial charge in [0.2, 0.25) is 0 Å². The van der Waals surface area contributed by atoms with Crippen LogP contribution in [0.1, 0.15) is 6.92 Å². The molecule has 0 unspecified atom stereocenters. The SMILES string of the molecule is CCN(c1ccccc1)c1ncnc(N2CCOCC2)c1N. The van der Waals surface area contributed by atoms with Gasteiger partial charge in [-0.3, -0.25) is 0 Å². The van der Waals surface area contributed by atoms with Gasteiger partial charge >= 0.3 is 0 Å². The Bertz CT molecular complexity index is 613. The highest BCUT2D eigenvalue weighted by molar-refractivity contribution is 5.79. The largest absolute Gasteiger partial charge is 0.393 e. The number of benzene rings is 1. The van der Waals surface area contributed by atoms with Crippen LogP contribution in [0.15, 0.2) is 36.7 Å². The Kier molecular flexibility index (Phi) is 4.39. The normalized spacial score (nSPS) is 14.9. The van der Waals surface area contributed by atoms with Crippen LogP contribution in [0.25, 0.3) is 0 Å². The molecule has 0 radical (unpaired) electrons. The van der Waals surface area contributed by atoms with Crippen molar-refractivity contribution in [2.75, 3.05) is 48.4 Å². The number of rotatable bonds is 4. The lowest BCUT2D eigenvalue weighted by atomic mass is 10.2. The second-order valence-corrected chi connectivity index (χ2v) is 5.11. The zero-order valence-electron chi connectivity index (χ0n) is 12.8. The minimum Gasteiger partial charge on any atom is -0.393 e. The highest BCUT2D eigenvalue weighted by atomic mass is 16.5. The summed E-state index contributed by atoms with van der Waals surface area (Å²) in [5.41, 5.74) is 8.07. The molecule has 3 rings (SSSR count). The Labute approximate surface area is 130 Å². The topological polar surface area (TPSA) is 67.5 Å². The van der Waals surface area contributed by atoms with Gasteiger partial charge < -0.3 is 20.3 Å². The molecular formula is C16H21N5O. The molecule has 2 heterocycles. The summed E-state index contributed by atoms with van der Waals surface area (Å²) in [6, 6.07) is 10.1. The van der Waals surface area contributed by atoms with E-state index < -0.39 is 0 Å². The summed E-state index contributed by atoms with van der Waals surface area (Å²) in [6.07, 6.45) is 1.59. The number of hydrogen-bond donors (Lipinski definition) is 1. The minimum absolute atomic E-state index is 0.620. The van der Waals surface area contributed by atoms with Crippen LogP contribution in [-0.2, 0) is 4.74 Å². The van der Waals surface area contributed by atoms with Crippen molar-refractivity contribution in [1.82, 2.24) is 9.97 Å². The Morgan fingerprint density at radius 2 is 1.91 bits per heavy atom. The van der Waals surface area contributed by atoms with Crippen molar-refractivity contribution in [2.45, 2.75) is 6.92 Å². The van der Waals surface area contributed by atoms with E-state index in [1.807, 2.05) is 18.2 Å². The lowest BCUT2D eigenvalue weighted by Gasteiger charge is -2.30. The first-order valence-corrected chi connectivity index (χ1v) is 7.57. The van der Waals surface area contributed by atoms with Crippen molar-refractivity contribution < 1.29 is 4.74 Å². The van der Waals surface area contributed by atoms with Crippen molar-refractivity contribution in [3.63, 3.8) is 0 Å². The molecule has 6 nitrogen and oxygen atoms in total. The number of nitrogens with two attached hydrogens (primary N) is 1. The molecule has 1 aliphatic rings. The average Bonchev–Trinajstić information content (AvgIpc) is 2.59. The summed E-state index contributed by atoms with van der Waals surface area (Å²) in [6.45, 7) is 5.89. The van der Waals surface area contributed by atoms with Gasteiger partial charge in [0.15, 0.2) is 11.6 Å². The lowest BCUT2D eigenvalue weighted by molar-refractivity contribution is 0.122. The zero-order valence-corrected chi connectivity index (χ0v) is 12.8. The molecule has 1 aromatic carbocycles. The van der Waals surface area contributed by atoms with E-state index in [1.54, 1.807) is 6.33 Å². The number of ether oxygens (including phenoxy) is 1. The maximum atomic E-state index is 6.38. The molecule has 22 heavy (non-hydrogen) atoms. The van der Waals surface area contributed by atoms with E-state index in [-0.39, 0.29) is 0 Å². The van der Waals surface area contributed by atoms with E-state index >= 15 is 0 Å². The summed E-state index contributed by atoms with van der Waals surface area (Å²) in [4.78, 5) is 13.0. The lowest BCUT2D eigenvalue weighted by Crippen LogP contribution is -2.37. The molecule has 0 atom stereocenters. The average molecular weight is 299 g/mol. The van der Waals surface area contributed by atoms with Crippen LogP contribution in [0.2, 0.25) is 0 Å². The molecule has 6 heteroatoms. The van der Waals surface area contributed by atoms with Gasteiger partial charge in [0, 0.05) is 25.3 Å². The number of morpholine rings is 1. The highest BCUT2D eigenvalue weighted by Gasteiger charge is 2.20. The summed E-state index contributed by atoms with van der Waals surface area (Å²) in [5.74, 6) is 1.55. The minimum atomic E-state index is 0.620. The fraction of sp³-hybridized carbons (Fsp3) is 0.375. The molecule has 0 bridgehead atoms. The third-order valence-electron chi connectivity index (χ3n) is 3.79. The standard InChI is InChI=1S/C16H21N5O/c1-2-21(13-6-4-3-5-7-13)16-14(17)15(18-12-19-16)20-8-10-22-11-9-20/h3-7,12H,2,8-11,17H2,1H3. The Hall–Kier alpha value is -2.34. The van der Waals surface area contributed by atoms with Gasteiger partial charge in [0.25, 0.3) is 0 Å². The molecule has 0 amide bonds. The third-order valence-corrected chi connectivity index (χ3v) is 3.79. The van der Waals surface area contributed by atoms with Crippen LogP contribution >= 0.6 is 0 Å². The van der Waals surface area contributed by atoms with Crippen LogP contribution in [0, 0.1) is 0 Å². The van der Waals surface area contributed by atoms with Gasteiger partial charge in [-0.15, -0.1) is 0 Å². The van der Waals surface area contributed by atoms with Gasteiger partial charge in [-0.25, -0.2) is 9.97 Å². The molecule has 1 aromatic heterocycles. The quantitative estimate of drug-likeness (QED) is 0.932. The van der Waals surface area contributed by atoms with Crippen LogP contribution in [-0.4, -0.2) is 42.8 Å². The molecule has 0 saturated carbocycles. The van der Waals surface area contributed by atoms with Gasteiger partial charge in [0.1, 0.15) is 12.0 Å². The maximum Gasteiger partial charge on any atom is 0.161 e. The highest BCUT2D eigenvalue weighted by Crippen LogP contribution is 2.33. The second-order valence-electron chi connectivity index (χ2n) is 5.11. The Morgan fingerprint density at radius 3 is 2.59 bits per heavy atom. The molecule has 116 valence electrons. The molecule has 1 fully saturated rings. The van der Waals surface area contributed by atoms with Crippen LogP contribution in [0.4, 0.5) is 23.0 Å². The van der Waals surface area contributed by atoms with E-state index in [0.717, 1.165) is 37.0 Å². The van der Waals surface area contributed by atoms with Crippen LogP contribution in [0.3, 0.4) is 0 Å². The third kappa shape index (κ3) is 2.82. The number of aromatic nitrogens is 2. The second kappa shape index (κ2) is 6.62. The van der Waals surface area contributed by atoms with Crippen molar-refractivity contribution >= 4 is 23.0 Å². The van der Waals surface area contributed by atoms with Gasteiger partial charge in [0.05, 0.1) is 13.2 Å².